The van der Waals surface area contributed by atoms with Gasteiger partial charge >= 0.3 is 0 Å². The number of imide groups is 1. The predicted octanol–water partition coefficient (Wildman–Crippen LogP) is 3.91. The van der Waals surface area contributed by atoms with E-state index in [1.807, 2.05) is 24.3 Å². The second-order valence-electron chi connectivity index (χ2n) is 7.48. The third kappa shape index (κ3) is 3.54. The van der Waals surface area contributed by atoms with Crippen molar-refractivity contribution in [3.05, 3.63) is 65.2 Å². The highest BCUT2D eigenvalue weighted by atomic mass is 16.5. The molecule has 1 saturated heterocycles. The van der Waals surface area contributed by atoms with E-state index in [0.717, 1.165) is 25.1 Å². The molecule has 2 heterocycles. The number of nitrogens with zero attached hydrogens (tertiary/aromatic N) is 2. The fourth-order valence-corrected chi connectivity index (χ4v) is 4.31. The zero-order valence-corrected chi connectivity index (χ0v) is 16.3. The maximum Gasteiger partial charge on any atom is 0.261 e. The lowest BCUT2D eigenvalue weighted by molar-refractivity contribution is 0.0624. The minimum Gasteiger partial charge on any atom is -0.497 e. The highest BCUT2D eigenvalue weighted by Gasteiger charge is 2.35. The quantitative estimate of drug-likeness (QED) is 0.740. The van der Waals surface area contributed by atoms with Crippen molar-refractivity contribution in [2.75, 3.05) is 26.7 Å². The van der Waals surface area contributed by atoms with Gasteiger partial charge in [0.05, 0.1) is 18.2 Å². The molecule has 0 bridgehead atoms. The van der Waals surface area contributed by atoms with Gasteiger partial charge < -0.3 is 4.74 Å². The Morgan fingerprint density at radius 1 is 0.893 bits per heavy atom. The normalized spacial score (nSPS) is 20.2. The van der Waals surface area contributed by atoms with Crippen molar-refractivity contribution in [3.8, 4) is 5.75 Å². The minimum absolute atomic E-state index is 0.170. The third-order valence-electron chi connectivity index (χ3n) is 5.85. The van der Waals surface area contributed by atoms with E-state index in [1.165, 1.54) is 23.3 Å². The van der Waals surface area contributed by atoms with Crippen LogP contribution < -0.4 is 4.74 Å². The van der Waals surface area contributed by atoms with Crippen LogP contribution in [0.2, 0.25) is 0 Å². The van der Waals surface area contributed by atoms with Crippen LogP contribution in [0.1, 0.15) is 58.0 Å². The molecule has 4 rings (SSSR count). The Morgan fingerprint density at radius 3 is 2.21 bits per heavy atom. The summed E-state index contributed by atoms with van der Waals surface area (Å²) in [6, 6.07) is 15.7. The van der Waals surface area contributed by atoms with E-state index in [2.05, 4.69) is 17.0 Å². The summed E-state index contributed by atoms with van der Waals surface area (Å²) in [5.74, 6) is 0.516. The number of carbonyl (C=O) groups is 2. The lowest BCUT2D eigenvalue weighted by Crippen LogP contribution is -2.39. The van der Waals surface area contributed by atoms with E-state index in [1.54, 1.807) is 19.2 Å². The summed E-state index contributed by atoms with van der Waals surface area (Å²) in [7, 11) is 1.68. The summed E-state index contributed by atoms with van der Waals surface area (Å²) in [5, 5.41) is 0. The molecule has 2 amide bonds. The Labute approximate surface area is 165 Å². The van der Waals surface area contributed by atoms with Gasteiger partial charge in [0.15, 0.2) is 0 Å². The molecule has 0 aliphatic carbocycles. The average Bonchev–Trinajstić information content (AvgIpc) is 2.89. The van der Waals surface area contributed by atoms with Crippen LogP contribution in [0.15, 0.2) is 48.5 Å². The van der Waals surface area contributed by atoms with Crippen LogP contribution in [-0.4, -0.2) is 48.4 Å². The van der Waals surface area contributed by atoms with E-state index >= 15 is 0 Å². The second-order valence-corrected chi connectivity index (χ2v) is 7.48. The van der Waals surface area contributed by atoms with Crippen LogP contribution in [0.3, 0.4) is 0 Å². The molecule has 1 unspecified atom stereocenters. The van der Waals surface area contributed by atoms with Gasteiger partial charge in [-0.3, -0.25) is 19.4 Å². The van der Waals surface area contributed by atoms with Crippen LogP contribution >= 0.6 is 0 Å². The lowest BCUT2D eigenvalue weighted by Gasteiger charge is -2.31. The number of carbonyl (C=O) groups excluding carboxylic acids is 2. The molecule has 1 atom stereocenters. The summed E-state index contributed by atoms with van der Waals surface area (Å²) < 4.78 is 5.28. The first-order valence-corrected chi connectivity index (χ1v) is 10.0. The largest absolute Gasteiger partial charge is 0.497 e. The van der Waals surface area contributed by atoms with Crippen molar-refractivity contribution < 1.29 is 14.3 Å². The molecule has 0 saturated carbocycles. The molecule has 1 fully saturated rings. The van der Waals surface area contributed by atoms with E-state index in [9.17, 15) is 9.59 Å². The number of fused-ring (bicyclic) bond motifs is 1. The molecule has 0 aromatic heterocycles. The summed E-state index contributed by atoms with van der Waals surface area (Å²) in [6.07, 6.45) is 4.65. The van der Waals surface area contributed by atoms with Crippen molar-refractivity contribution >= 4 is 11.8 Å². The topological polar surface area (TPSA) is 49.9 Å². The van der Waals surface area contributed by atoms with Crippen molar-refractivity contribution in [2.24, 2.45) is 0 Å². The molecule has 146 valence electrons. The summed E-state index contributed by atoms with van der Waals surface area (Å²) in [6.45, 7) is 2.11. The zero-order chi connectivity index (χ0) is 19.5. The Kier molecular flexibility index (Phi) is 5.44. The van der Waals surface area contributed by atoms with Gasteiger partial charge in [0.2, 0.25) is 0 Å². The Bertz CT molecular complexity index is 827. The molecule has 2 aromatic rings. The van der Waals surface area contributed by atoms with Crippen molar-refractivity contribution in [1.82, 2.24) is 9.80 Å². The first-order valence-electron chi connectivity index (χ1n) is 10.0. The minimum atomic E-state index is -0.170. The monoisotopic (exact) mass is 378 g/mol. The van der Waals surface area contributed by atoms with Gasteiger partial charge in [-0.2, -0.15) is 0 Å². The van der Waals surface area contributed by atoms with Gasteiger partial charge in [0.25, 0.3) is 11.8 Å². The molecule has 28 heavy (non-hydrogen) atoms. The summed E-state index contributed by atoms with van der Waals surface area (Å²) in [5.41, 5.74) is 2.32. The fraction of sp³-hybridized carbons (Fsp3) is 0.391. The van der Waals surface area contributed by atoms with Crippen molar-refractivity contribution in [3.63, 3.8) is 0 Å². The number of methoxy groups -OCH3 is 1. The van der Waals surface area contributed by atoms with Crippen LogP contribution in [0.25, 0.3) is 0 Å². The van der Waals surface area contributed by atoms with Gasteiger partial charge in [0.1, 0.15) is 5.75 Å². The number of hydrogen-bond acceptors (Lipinski definition) is 4. The smallest absolute Gasteiger partial charge is 0.261 e. The van der Waals surface area contributed by atoms with Crippen LogP contribution in [0.5, 0.6) is 5.75 Å². The molecule has 2 aliphatic rings. The molecular formula is C23H26N2O3. The van der Waals surface area contributed by atoms with Crippen molar-refractivity contribution in [2.45, 2.75) is 31.7 Å². The van der Waals surface area contributed by atoms with Crippen molar-refractivity contribution in [1.29, 1.82) is 0 Å². The SMILES string of the molecule is COc1ccc(C2CCCCCN2CCN2C(=O)c3ccccc3C2=O)cc1. The average molecular weight is 378 g/mol. The number of likely N-dealkylation sites (tertiary alicyclic amines) is 1. The highest BCUT2D eigenvalue weighted by molar-refractivity contribution is 6.21. The van der Waals surface area contributed by atoms with Crippen LogP contribution in [0.4, 0.5) is 0 Å². The maximum atomic E-state index is 12.6. The van der Waals surface area contributed by atoms with Gasteiger partial charge in [0, 0.05) is 19.1 Å². The number of amides is 2. The second kappa shape index (κ2) is 8.15. The van der Waals surface area contributed by atoms with Gasteiger partial charge in [-0.1, -0.05) is 37.1 Å². The van der Waals surface area contributed by atoms with E-state index in [0.29, 0.717) is 30.3 Å². The first-order chi connectivity index (χ1) is 13.7. The first kappa shape index (κ1) is 18.7. The zero-order valence-electron chi connectivity index (χ0n) is 16.3. The Morgan fingerprint density at radius 2 is 1.57 bits per heavy atom. The maximum absolute atomic E-state index is 12.6. The number of rotatable bonds is 5. The van der Waals surface area contributed by atoms with Gasteiger partial charge in [-0.15, -0.1) is 0 Å². The van der Waals surface area contributed by atoms with Gasteiger partial charge in [-0.25, -0.2) is 0 Å². The lowest BCUT2D eigenvalue weighted by atomic mass is 10.0. The van der Waals surface area contributed by atoms with E-state index < -0.39 is 0 Å². The van der Waals surface area contributed by atoms with E-state index in [-0.39, 0.29) is 11.8 Å². The van der Waals surface area contributed by atoms with Crippen LogP contribution in [0, 0.1) is 0 Å². The number of benzene rings is 2. The Hall–Kier alpha value is -2.66. The third-order valence-corrected chi connectivity index (χ3v) is 5.85. The molecule has 5 nitrogen and oxygen atoms in total. The molecule has 0 radical (unpaired) electrons. The molecule has 0 spiro atoms. The van der Waals surface area contributed by atoms with Crippen LogP contribution in [-0.2, 0) is 0 Å². The highest BCUT2D eigenvalue weighted by Crippen LogP contribution is 2.31. The molecule has 5 heteroatoms. The van der Waals surface area contributed by atoms with Gasteiger partial charge in [-0.05, 0) is 49.2 Å². The summed E-state index contributed by atoms with van der Waals surface area (Å²) in [4.78, 5) is 29.1. The summed E-state index contributed by atoms with van der Waals surface area (Å²) >= 11 is 0. The van der Waals surface area contributed by atoms with E-state index in [4.69, 9.17) is 4.74 Å². The molecular weight excluding hydrogens is 352 g/mol. The number of hydrogen-bond donors (Lipinski definition) is 0. The molecule has 2 aliphatic heterocycles. The number of ether oxygens (including phenoxy) is 1. The predicted molar refractivity (Wildman–Crippen MR) is 108 cm³/mol. The molecule has 2 aromatic carbocycles. The fourth-order valence-electron chi connectivity index (χ4n) is 4.31. The standard InChI is InChI=1S/C23H26N2O3/c1-28-18-12-10-17(11-13-18)21-9-3-2-6-14-24(21)15-16-25-22(26)19-7-4-5-8-20(19)23(25)27/h4-5,7-8,10-13,21H,2-3,6,9,14-16H2,1H3. The molecule has 0 N–H and O–H groups in total. The Balaban J connectivity index is 1.49.